The second-order valence-electron chi connectivity index (χ2n) is 4.70. The van der Waals surface area contributed by atoms with Crippen LogP contribution in [0.5, 0.6) is 0 Å². The summed E-state index contributed by atoms with van der Waals surface area (Å²) in [7, 11) is 0. The summed E-state index contributed by atoms with van der Waals surface area (Å²) in [5.74, 6) is -0.145. The Kier molecular flexibility index (Phi) is 1.54. The van der Waals surface area contributed by atoms with Crippen molar-refractivity contribution in [3.8, 4) is 0 Å². The molecule has 0 amide bonds. The molecule has 1 fully saturated rings. The smallest absolute Gasteiger partial charge is 0.128 e. The van der Waals surface area contributed by atoms with Crippen LogP contribution >= 0.6 is 0 Å². The standard InChI is InChI=1S/C12H13FN2/c1-8-5-10-11(6-9(8)13)15(7-14-10)12(2)3-4-12/h5-7H,3-4H2,1-2H3. The van der Waals surface area contributed by atoms with Gasteiger partial charge in [0.1, 0.15) is 5.82 Å². The lowest BCUT2D eigenvalue weighted by Crippen LogP contribution is -2.10. The van der Waals surface area contributed by atoms with E-state index in [1.807, 2.05) is 12.4 Å². The van der Waals surface area contributed by atoms with E-state index in [2.05, 4.69) is 16.5 Å². The molecular weight excluding hydrogens is 191 g/mol. The van der Waals surface area contributed by atoms with Crippen LogP contribution in [0.1, 0.15) is 25.3 Å². The summed E-state index contributed by atoms with van der Waals surface area (Å²) < 4.78 is 15.6. The van der Waals surface area contributed by atoms with Crippen molar-refractivity contribution in [2.45, 2.75) is 32.2 Å². The van der Waals surface area contributed by atoms with Gasteiger partial charge in [0.25, 0.3) is 0 Å². The van der Waals surface area contributed by atoms with Crippen molar-refractivity contribution in [3.05, 3.63) is 29.8 Å². The molecule has 0 atom stereocenters. The lowest BCUT2D eigenvalue weighted by Gasteiger charge is -2.11. The van der Waals surface area contributed by atoms with Crippen LogP contribution in [0.2, 0.25) is 0 Å². The molecule has 3 rings (SSSR count). The van der Waals surface area contributed by atoms with Crippen LogP contribution in [0.15, 0.2) is 18.5 Å². The van der Waals surface area contributed by atoms with Gasteiger partial charge >= 0.3 is 0 Å². The number of aromatic nitrogens is 2. The Morgan fingerprint density at radius 1 is 1.40 bits per heavy atom. The number of imidazole rings is 1. The maximum Gasteiger partial charge on any atom is 0.128 e. The second kappa shape index (κ2) is 2.60. The summed E-state index contributed by atoms with van der Waals surface area (Å²) in [5, 5.41) is 0. The van der Waals surface area contributed by atoms with E-state index in [-0.39, 0.29) is 11.4 Å². The molecule has 1 aliphatic rings. The third-order valence-electron chi connectivity index (χ3n) is 3.38. The predicted octanol–water partition coefficient (Wildman–Crippen LogP) is 2.99. The molecule has 0 bridgehead atoms. The summed E-state index contributed by atoms with van der Waals surface area (Å²) in [4.78, 5) is 4.32. The van der Waals surface area contributed by atoms with E-state index in [1.165, 1.54) is 0 Å². The van der Waals surface area contributed by atoms with Crippen molar-refractivity contribution < 1.29 is 4.39 Å². The SMILES string of the molecule is Cc1cc2ncn(C3(C)CC3)c2cc1F. The van der Waals surface area contributed by atoms with E-state index in [0.717, 1.165) is 23.9 Å². The molecular formula is C12H13FN2. The van der Waals surface area contributed by atoms with E-state index in [9.17, 15) is 4.39 Å². The van der Waals surface area contributed by atoms with Gasteiger partial charge in [-0.05, 0) is 38.3 Å². The Morgan fingerprint density at radius 2 is 2.13 bits per heavy atom. The zero-order chi connectivity index (χ0) is 10.6. The fourth-order valence-electron chi connectivity index (χ4n) is 1.99. The molecule has 0 saturated heterocycles. The average Bonchev–Trinajstić information content (AvgIpc) is 2.79. The molecule has 2 nitrogen and oxygen atoms in total. The van der Waals surface area contributed by atoms with Gasteiger partial charge in [-0.2, -0.15) is 0 Å². The van der Waals surface area contributed by atoms with E-state index in [0.29, 0.717) is 5.56 Å². The van der Waals surface area contributed by atoms with Gasteiger partial charge in [0, 0.05) is 11.6 Å². The second-order valence-corrected chi connectivity index (χ2v) is 4.70. The van der Waals surface area contributed by atoms with E-state index in [4.69, 9.17) is 0 Å². The average molecular weight is 204 g/mol. The maximum atomic E-state index is 13.5. The van der Waals surface area contributed by atoms with Crippen molar-refractivity contribution in [1.82, 2.24) is 9.55 Å². The number of nitrogens with zero attached hydrogens (tertiary/aromatic N) is 2. The predicted molar refractivity (Wildman–Crippen MR) is 57.3 cm³/mol. The zero-order valence-electron chi connectivity index (χ0n) is 8.92. The van der Waals surface area contributed by atoms with Gasteiger partial charge < -0.3 is 4.57 Å². The number of hydrogen-bond acceptors (Lipinski definition) is 1. The van der Waals surface area contributed by atoms with Crippen molar-refractivity contribution in [3.63, 3.8) is 0 Å². The highest BCUT2D eigenvalue weighted by molar-refractivity contribution is 5.76. The van der Waals surface area contributed by atoms with E-state index >= 15 is 0 Å². The van der Waals surface area contributed by atoms with Crippen LogP contribution in [-0.4, -0.2) is 9.55 Å². The summed E-state index contributed by atoms with van der Waals surface area (Å²) in [6.45, 7) is 3.96. The molecule has 0 N–H and O–H groups in total. The molecule has 1 saturated carbocycles. The van der Waals surface area contributed by atoms with Crippen LogP contribution in [0.25, 0.3) is 11.0 Å². The van der Waals surface area contributed by atoms with Crippen molar-refractivity contribution in [1.29, 1.82) is 0 Å². The third-order valence-corrected chi connectivity index (χ3v) is 3.38. The number of aryl methyl sites for hydroxylation is 1. The van der Waals surface area contributed by atoms with Gasteiger partial charge in [-0.1, -0.05) is 0 Å². The highest BCUT2D eigenvalue weighted by Gasteiger charge is 2.40. The summed E-state index contributed by atoms with van der Waals surface area (Å²) >= 11 is 0. The van der Waals surface area contributed by atoms with Gasteiger partial charge in [-0.25, -0.2) is 9.37 Å². The molecule has 1 heterocycles. The lowest BCUT2D eigenvalue weighted by atomic mass is 10.2. The van der Waals surface area contributed by atoms with Crippen molar-refractivity contribution in [2.75, 3.05) is 0 Å². The molecule has 2 aromatic rings. The Morgan fingerprint density at radius 3 is 2.80 bits per heavy atom. The largest absolute Gasteiger partial charge is 0.325 e. The van der Waals surface area contributed by atoms with E-state index in [1.54, 1.807) is 13.0 Å². The minimum Gasteiger partial charge on any atom is -0.325 e. The van der Waals surface area contributed by atoms with Crippen molar-refractivity contribution >= 4 is 11.0 Å². The number of hydrogen-bond donors (Lipinski definition) is 0. The molecule has 3 heteroatoms. The summed E-state index contributed by atoms with van der Waals surface area (Å²) in [6.07, 6.45) is 4.15. The van der Waals surface area contributed by atoms with Crippen LogP contribution < -0.4 is 0 Å². The van der Waals surface area contributed by atoms with Crippen LogP contribution in [-0.2, 0) is 5.54 Å². The maximum absolute atomic E-state index is 13.5. The van der Waals surface area contributed by atoms with Gasteiger partial charge in [-0.3, -0.25) is 0 Å². The topological polar surface area (TPSA) is 17.8 Å². The molecule has 0 aliphatic heterocycles. The zero-order valence-corrected chi connectivity index (χ0v) is 8.92. The highest BCUT2D eigenvalue weighted by atomic mass is 19.1. The molecule has 0 radical (unpaired) electrons. The molecule has 1 aromatic heterocycles. The molecule has 1 aliphatic carbocycles. The normalized spacial score (nSPS) is 18.3. The Hall–Kier alpha value is -1.38. The van der Waals surface area contributed by atoms with Gasteiger partial charge in [0.2, 0.25) is 0 Å². The monoisotopic (exact) mass is 204 g/mol. The van der Waals surface area contributed by atoms with Crippen LogP contribution in [0.3, 0.4) is 0 Å². The van der Waals surface area contributed by atoms with Gasteiger partial charge in [-0.15, -0.1) is 0 Å². The highest BCUT2D eigenvalue weighted by Crippen LogP contribution is 2.44. The number of rotatable bonds is 1. The molecule has 1 aromatic carbocycles. The minimum atomic E-state index is -0.145. The first-order valence-electron chi connectivity index (χ1n) is 5.24. The first-order chi connectivity index (χ1) is 7.10. The first-order valence-corrected chi connectivity index (χ1v) is 5.24. The Bertz CT molecular complexity index is 538. The Balaban J connectivity index is 2.29. The third kappa shape index (κ3) is 1.19. The quantitative estimate of drug-likeness (QED) is 0.698. The van der Waals surface area contributed by atoms with Gasteiger partial charge in [0.05, 0.1) is 17.4 Å². The Labute approximate surface area is 87.7 Å². The molecule has 78 valence electrons. The fraction of sp³-hybridized carbons (Fsp3) is 0.417. The molecule has 0 unspecified atom stereocenters. The molecule has 15 heavy (non-hydrogen) atoms. The summed E-state index contributed by atoms with van der Waals surface area (Å²) in [6, 6.07) is 3.41. The van der Waals surface area contributed by atoms with Gasteiger partial charge in [0.15, 0.2) is 0 Å². The van der Waals surface area contributed by atoms with Crippen LogP contribution in [0.4, 0.5) is 4.39 Å². The van der Waals surface area contributed by atoms with E-state index < -0.39 is 0 Å². The van der Waals surface area contributed by atoms with Crippen LogP contribution in [0, 0.1) is 12.7 Å². The molecule has 0 spiro atoms. The number of fused-ring (bicyclic) bond motifs is 1. The first kappa shape index (κ1) is 8.89. The summed E-state index contributed by atoms with van der Waals surface area (Å²) in [5.41, 5.74) is 2.64. The fourth-order valence-corrected chi connectivity index (χ4v) is 1.99. The number of benzene rings is 1. The minimum absolute atomic E-state index is 0.145. The van der Waals surface area contributed by atoms with Crippen molar-refractivity contribution in [2.24, 2.45) is 0 Å². The number of halogens is 1. The lowest BCUT2D eigenvalue weighted by molar-refractivity contribution is 0.546.